The molecule has 0 aromatic heterocycles. The Bertz CT molecular complexity index is 451. The van der Waals surface area contributed by atoms with Crippen molar-refractivity contribution in [2.75, 3.05) is 19.7 Å². The maximum absolute atomic E-state index is 6.00. The lowest BCUT2D eigenvalue weighted by molar-refractivity contribution is 0.297. The Morgan fingerprint density at radius 3 is 2.65 bits per heavy atom. The number of aliphatic imine (C=N–C) groups is 1. The van der Waals surface area contributed by atoms with Crippen molar-refractivity contribution < 1.29 is 4.74 Å². The smallest absolute Gasteiger partial charge is 0.191 e. The predicted molar refractivity (Wildman–Crippen MR) is 82.9 cm³/mol. The average Bonchev–Trinajstić information content (AvgIpc) is 3.29. The lowest BCUT2D eigenvalue weighted by Crippen LogP contribution is -2.37. The van der Waals surface area contributed by atoms with Gasteiger partial charge in [-0.25, -0.2) is 4.99 Å². The molecular formula is C16H25N3O. The summed E-state index contributed by atoms with van der Waals surface area (Å²) in [5, 5.41) is 0. The quantitative estimate of drug-likeness (QED) is 0.615. The zero-order valence-electron chi connectivity index (χ0n) is 12.5. The molecule has 0 aliphatic heterocycles. The minimum absolute atomic E-state index is 0.573. The van der Waals surface area contributed by atoms with E-state index in [4.69, 9.17) is 10.5 Å². The van der Waals surface area contributed by atoms with E-state index in [1.165, 1.54) is 12.8 Å². The highest BCUT2D eigenvalue weighted by molar-refractivity contribution is 5.78. The Morgan fingerprint density at radius 2 is 2.00 bits per heavy atom. The molecule has 2 N–H and O–H groups in total. The normalized spacial score (nSPS) is 15.2. The molecule has 1 aromatic carbocycles. The molecule has 1 aromatic rings. The first-order valence-electron chi connectivity index (χ1n) is 7.50. The number of ether oxygens (including phenoxy) is 1. The molecule has 1 aliphatic rings. The Balaban J connectivity index is 1.98. The molecule has 0 saturated heterocycles. The number of para-hydroxylation sites is 1. The van der Waals surface area contributed by atoms with Crippen LogP contribution < -0.4 is 10.5 Å². The monoisotopic (exact) mass is 275 g/mol. The molecule has 110 valence electrons. The molecule has 4 nitrogen and oxygen atoms in total. The highest BCUT2D eigenvalue weighted by Crippen LogP contribution is 2.30. The van der Waals surface area contributed by atoms with Gasteiger partial charge >= 0.3 is 0 Å². The summed E-state index contributed by atoms with van der Waals surface area (Å²) in [7, 11) is 0. The highest BCUT2D eigenvalue weighted by Gasteiger charge is 2.22. The van der Waals surface area contributed by atoms with Gasteiger partial charge in [0.15, 0.2) is 5.96 Å². The fraction of sp³-hybridized carbons (Fsp3) is 0.562. The van der Waals surface area contributed by atoms with Gasteiger partial charge in [-0.05, 0) is 38.7 Å². The summed E-state index contributed by atoms with van der Waals surface area (Å²) in [5.74, 6) is 2.30. The standard InChI is InChI=1S/C16H25N3O/c1-3-19(4-2)16(17)18-11-14-7-5-6-8-15(14)20-12-13-9-10-13/h5-8,13H,3-4,9-12H2,1-2H3,(H2,17,18). The minimum Gasteiger partial charge on any atom is -0.493 e. The first-order chi connectivity index (χ1) is 9.74. The fourth-order valence-corrected chi connectivity index (χ4v) is 2.08. The third kappa shape index (κ3) is 4.15. The van der Waals surface area contributed by atoms with Crippen molar-refractivity contribution in [2.45, 2.75) is 33.2 Å². The second-order valence-corrected chi connectivity index (χ2v) is 5.21. The topological polar surface area (TPSA) is 50.8 Å². The molecule has 0 heterocycles. The number of hydrogen-bond donors (Lipinski definition) is 1. The number of guanidine groups is 1. The van der Waals surface area contributed by atoms with Crippen LogP contribution in [0.2, 0.25) is 0 Å². The third-order valence-electron chi connectivity index (χ3n) is 3.64. The molecule has 4 heteroatoms. The number of rotatable bonds is 7. The first kappa shape index (κ1) is 14.7. The van der Waals surface area contributed by atoms with Gasteiger partial charge in [-0.1, -0.05) is 18.2 Å². The second kappa shape index (κ2) is 7.17. The van der Waals surface area contributed by atoms with E-state index in [1.54, 1.807) is 0 Å². The molecule has 0 radical (unpaired) electrons. The van der Waals surface area contributed by atoms with Crippen LogP contribution in [0.1, 0.15) is 32.3 Å². The van der Waals surface area contributed by atoms with Crippen molar-refractivity contribution in [3.63, 3.8) is 0 Å². The summed E-state index contributed by atoms with van der Waals surface area (Å²) < 4.78 is 5.88. The van der Waals surface area contributed by atoms with Gasteiger partial charge in [-0.2, -0.15) is 0 Å². The van der Waals surface area contributed by atoms with Crippen LogP contribution in [-0.4, -0.2) is 30.6 Å². The van der Waals surface area contributed by atoms with E-state index in [0.717, 1.165) is 36.9 Å². The Labute approximate surface area is 121 Å². The molecule has 0 unspecified atom stereocenters. The van der Waals surface area contributed by atoms with Gasteiger partial charge < -0.3 is 15.4 Å². The SMILES string of the molecule is CCN(CC)C(N)=NCc1ccccc1OCC1CC1. The number of benzene rings is 1. The minimum atomic E-state index is 0.573. The van der Waals surface area contributed by atoms with Gasteiger partial charge in [-0.15, -0.1) is 0 Å². The fourth-order valence-electron chi connectivity index (χ4n) is 2.08. The first-order valence-corrected chi connectivity index (χ1v) is 7.50. The van der Waals surface area contributed by atoms with Crippen molar-refractivity contribution in [2.24, 2.45) is 16.6 Å². The summed E-state index contributed by atoms with van der Waals surface area (Å²) in [4.78, 5) is 6.53. The summed E-state index contributed by atoms with van der Waals surface area (Å²) >= 11 is 0. The summed E-state index contributed by atoms with van der Waals surface area (Å²) in [5.41, 5.74) is 7.10. The molecule has 1 fully saturated rings. The Kier molecular flexibility index (Phi) is 5.27. The van der Waals surface area contributed by atoms with Crippen LogP contribution in [0.4, 0.5) is 0 Å². The average molecular weight is 275 g/mol. The van der Waals surface area contributed by atoms with Crippen LogP contribution in [0.3, 0.4) is 0 Å². The van der Waals surface area contributed by atoms with Crippen molar-refractivity contribution in [1.82, 2.24) is 4.90 Å². The van der Waals surface area contributed by atoms with Gasteiger partial charge in [0.2, 0.25) is 0 Å². The number of hydrogen-bond acceptors (Lipinski definition) is 2. The van der Waals surface area contributed by atoms with Gasteiger partial charge in [-0.3, -0.25) is 0 Å². The Hall–Kier alpha value is -1.71. The van der Waals surface area contributed by atoms with E-state index < -0.39 is 0 Å². The number of nitrogens with two attached hydrogens (primary N) is 1. The lowest BCUT2D eigenvalue weighted by atomic mass is 10.2. The zero-order chi connectivity index (χ0) is 14.4. The summed E-state index contributed by atoms with van der Waals surface area (Å²) in [6.45, 7) is 7.32. The highest BCUT2D eigenvalue weighted by atomic mass is 16.5. The van der Waals surface area contributed by atoms with Crippen molar-refractivity contribution in [3.05, 3.63) is 29.8 Å². The van der Waals surface area contributed by atoms with Crippen LogP contribution in [0, 0.1) is 5.92 Å². The lowest BCUT2D eigenvalue weighted by Gasteiger charge is -2.19. The molecule has 1 aliphatic carbocycles. The maximum atomic E-state index is 6.00. The molecule has 0 amide bonds. The summed E-state index contributed by atoms with van der Waals surface area (Å²) in [6.07, 6.45) is 2.60. The van der Waals surface area contributed by atoms with E-state index in [1.807, 2.05) is 23.1 Å². The molecule has 20 heavy (non-hydrogen) atoms. The largest absolute Gasteiger partial charge is 0.493 e. The van der Waals surface area contributed by atoms with Crippen LogP contribution in [-0.2, 0) is 6.54 Å². The predicted octanol–water partition coefficient (Wildman–Crippen LogP) is 2.63. The molecule has 0 atom stereocenters. The van der Waals surface area contributed by atoms with Crippen LogP contribution in [0.15, 0.2) is 29.3 Å². The van der Waals surface area contributed by atoms with Crippen molar-refractivity contribution in [3.8, 4) is 5.75 Å². The molecular weight excluding hydrogens is 250 g/mol. The second-order valence-electron chi connectivity index (χ2n) is 5.21. The van der Waals surface area contributed by atoms with Gasteiger partial charge in [0.05, 0.1) is 13.2 Å². The van der Waals surface area contributed by atoms with Crippen LogP contribution in [0.5, 0.6) is 5.75 Å². The van der Waals surface area contributed by atoms with E-state index in [2.05, 4.69) is 24.9 Å². The van der Waals surface area contributed by atoms with E-state index in [0.29, 0.717) is 12.5 Å². The Morgan fingerprint density at radius 1 is 1.30 bits per heavy atom. The van der Waals surface area contributed by atoms with Crippen LogP contribution in [0.25, 0.3) is 0 Å². The van der Waals surface area contributed by atoms with Crippen molar-refractivity contribution >= 4 is 5.96 Å². The number of nitrogens with zero attached hydrogens (tertiary/aromatic N) is 2. The van der Waals surface area contributed by atoms with Crippen molar-refractivity contribution in [1.29, 1.82) is 0 Å². The molecule has 0 spiro atoms. The van der Waals surface area contributed by atoms with Gasteiger partial charge in [0, 0.05) is 18.7 Å². The van der Waals surface area contributed by atoms with Gasteiger partial charge in [0.25, 0.3) is 0 Å². The van der Waals surface area contributed by atoms with E-state index in [-0.39, 0.29) is 0 Å². The van der Waals surface area contributed by atoms with Gasteiger partial charge in [0.1, 0.15) is 5.75 Å². The summed E-state index contributed by atoms with van der Waals surface area (Å²) in [6, 6.07) is 8.09. The maximum Gasteiger partial charge on any atom is 0.191 e. The molecule has 1 saturated carbocycles. The van der Waals surface area contributed by atoms with Crippen LogP contribution >= 0.6 is 0 Å². The molecule has 0 bridgehead atoms. The van der Waals surface area contributed by atoms with E-state index >= 15 is 0 Å². The molecule has 2 rings (SSSR count). The zero-order valence-corrected chi connectivity index (χ0v) is 12.5. The third-order valence-corrected chi connectivity index (χ3v) is 3.64. The van der Waals surface area contributed by atoms with E-state index in [9.17, 15) is 0 Å².